The van der Waals surface area contributed by atoms with Crippen LogP contribution in [0, 0.1) is 5.92 Å². The molecular weight excluding hydrogens is 370 g/mol. The third kappa shape index (κ3) is 4.72. The lowest BCUT2D eigenvalue weighted by Crippen LogP contribution is -2.42. The molecular formula is C27H41NO2. The first kappa shape index (κ1) is 21.7. The number of aromatic hydroxyl groups is 1. The van der Waals surface area contributed by atoms with Gasteiger partial charge in [-0.2, -0.15) is 0 Å². The van der Waals surface area contributed by atoms with Crippen LogP contribution in [0.5, 0.6) is 11.5 Å². The van der Waals surface area contributed by atoms with Gasteiger partial charge < -0.3 is 9.84 Å². The molecule has 0 saturated heterocycles. The zero-order chi connectivity index (χ0) is 21.1. The Hall–Kier alpha value is -1.48. The number of fused-ring (bicyclic) bond motifs is 2. The van der Waals surface area contributed by atoms with Gasteiger partial charge in [0, 0.05) is 13.1 Å². The van der Waals surface area contributed by atoms with Crippen molar-refractivity contribution in [1.82, 2.24) is 4.90 Å². The second-order valence-corrected chi connectivity index (χ2v) is 10.3. The summed E-state index contributed by atoms with van der Waals surface area (Å²) in [6, 6.07) is 4.18. The highest BCUT2D eigenvalue weighted by molar-refractivity contribution is 5.82. The van der Waals surface area contributed by atoms with Gasteiger partial charge in [0.1, 0.15) is 17.1 Å². The summed E-state index contributed by atoms with van der Waals surface area (Å²) in [5.41, 5.74) is 4.59. The fourth-order valence-electron chi connectivity index (χ4n) is 5.85. The summed E-state index contributed by atoms with van der Waals surface area (Å²) in [6.07, 6.45) is 14.1. The molecule has 1 aliphatic carbocycles. The summed E-state index contributed by atoms with van der Waals surface area (Å²) in [4.78, 5) is 2.62. The maximum Gasteiger partial charge on any atom is 0.132 e. The Balaban J connectivity index is 1.53. The number of phenolic OH excluding ortho intramolecular Hbond substituents is 1. The second-order valence-electron chi connectivity index (χ2n) is 10.3. The third-order valence-electron chi connectivity index (χ3n) is 7.61. The van der Waals surface area contributed by atoms with Gasteiger partial charge in [0.2, 0.25) is 0 Å². The highest BCUT2D eigenvalue weighted by Gasteiger charge is 2.39. The molecule has 0 aromatic heterocycles. The van der Waals surface area contributed by atoms with Crippen molar-refractivity contribution in [1.29, 1.82) is 0 Å². The molecule has 0 bridgehead atoms. The van der Waals surface area contributed by atoms with E-state index in [4.69, 9.17) is 4.74 Å². The number of unbranched alkanes of at least 4 members (excludes halogenated alkanes) is 2. The topological polar surface area (TPSA) is 32.7 Å². The number of benzene rings is 1. The molecule has 1 fully saturated rings. The van der Waals surface area contributed by atoms with Gasteiger partial charge in [-0.05, 0) is 80.8 Å². The number of hydrogen-bond acceptors (Lipinski definition) is 3. The Bertz CT molecular complexity index is 773. The van der Waals surface area contributed by atoms with Crippen molar-refractivity contribution in [3.8, 4) is 11.5 Å². The van der Waals surface area contributed by atoms with Crippen LogP contribution >= 0.6 is 0 Å². The van der Waals surface area contributed by atoms with Crippen LogP contribution in [0.15, 0.2) is 17.7 Å². The molecule has 1 aromatic rings. The number of phenols is 1. The molecule has 4 rings (SSSR count). The molecule has 3 aliphatic rings. The largest absolute Gasteiger partial charge is 0.507 e. The first-order valence-electron chi connectivity index (χ1n) is 12.5. The number of rotatable bonds is 7. The van der Waals surface area contributed by atoms with Crippen molar-refractivity contribution in [3.63, 3.8) is 0 Å². The van der Waals surface area contributed by atoms with Gasteiger partial charge >= 0.3 is 0 Å². The number of hydrogen-bond donors (Lipinski definition) is 1. The van der Waals surface area contributed by atoms with E-state index in [1.54, 1.807) is 0 Å². The molecule has 0 radical (unpaired) electrons. The SMILES string of the molecule is CCCCCc1cc(O)c2c(c1)OC(C)(C)C1=C2CN(CCC2CCCCC2)CC1. The van der Waals surface area contributed by atoms with Gasteiger partial charge in [-0.25, -0.2) is 0 Å². The molecule has 0 atom stereocenters. The average molecular weight is 412 g/mol. The van der Waals surface area contributed by atoms with Crippen molar-refractivity contribution in [2.45, 2.75) is 97.0 Å². The lowest BCUT2D eigenvalue weighted by molar-refractivity contribution is 0.129. The Morgan fingerprint density at radius 1 is 1.13 bits per heavy atom. The molecule has 1 aromatic carbocycles. The van der Waals surface area contributed by atoms with E-state index in [9.17, 15) is 5.11 Å². The minimum Gasteiger partial charge on any atom is -0.507 e. The van der Waals surface area contributed by atoms with E-state index in [1.165, 1.54) is 81.0 Å². The lowest BCUT2D eigenvalue weighted by Gasteiger charge is -2.42. The zero-order valence-corrected chi connectivity index (χ0v) is 19.4. The number of nitrogens with zero attached hydrogens (tertiary/aromatic N) is 1. The molecule has 2 aliphatic heterocycles. The molecule has 0 amide bonds. The summed E-state index contributed by atoms with van der Waals surface area (Å²) >= 11 is 0. The maximum absolute atomic E-state index is 11.0. The predicted molar refractivity (Wildman–Crippen MR) is 125 cm³/mol. The standard InChI is InChI=1S/C27H41NO2/c1-4-5-7-12-21-17-24(29)26-22-19-28(15-13-20-10-8-6-9-11-20)16-14-23(22)27(2,3)30-25(26)18-21/h17-18,20,29H,4-16,19H2,1-3H3. The van der Waals surface area contributed by atoms with E-state index >= 15 is 0 Å². The monoisotopic (exact) mass is 411 g/mol. The van der Waals surface area contributed by atoms with Crippen molar-refractivity contribution < 1.29 is 9.84 Å². The lowest BCUT2D eigenvalue weighted by atomic mass is 9.80. The molecule has 3 heteroatoms. The molecule has 1 N–H and O–H groups in total. The predicted octanol–water partition coefficient (Wildman–Crippen LogP) is 6.73. The summed E-state index contributed by atoms with van der Waals surface area (Å²) in [7, 11) is 0. The molecule has 1 saturated carbocycles. The normalized spacial score (nSPS) is 21.8. The van der Waals surface area contributed by atoms with Crippen LogP contribution in [0.1, 0.15) is 96.1 Å². The van der Waals surface area contributed by atoms with E-state index in [-0.39, 0.29) is 5.60 Å². The smallest absolute Gasteiger partial charge is 0.132 e. The maximum atomic E-state index is 11.0. The Labute approximate surface area is 183 Å². The van der Waals surface area contributed by atoms with Crippen LogP contribution in [0.2, 0.25) is 0 Å². The molecule has 0 unspecified atom stereocenters. The van der Waals surface area contributed by atoms with Crippen LogP contribution in [0.3, 0.4) is 0 Å². The van der Waals surface area contributed by atoms with Gasteiger partial charge in [-0.1, -0.05) is 51.9 Å². The van der Waals surface area contributed by atoms with Crippen LogP contribution < -0.4 is 4.74 Å². The van der Waals surface area contributed by atoms with Crippen molar-refractivity contribution >= 4 is 5.57 Å². The summed E-state index contributed by atoms with van der Waals surface area (Å²) in [5, 5.41) is 11.0. The fourth-order valence-corrected chi connectivity index (χ4v) is 5.85. The van der Waals surface area contributed by atoms with E-state index in [0.29, 0.717) is 5.75 Å². The number of ether oxygens (including phenoxy) is 1. The third-order valence-corrected chi connectivity index (χ3v) is 7.61. The van der Waals surface area contributed by atoms with Crippen LogP contribution in [0.4, 0.5) is 0 Å². The summed E-state index contributed by atoms with van der Waals surface area (Å²) in [5.74, 6) is 2.22. The van der Waals surface area contributed by atoms with Crippen LogP contribution in [-0.2, 0) is 6.42 Å². The van der Waals surface area contributed by atoms with Crippen LogP contribution in [-0.4, -0.2) is 35.2 Å². The first-order chi connectivity index (χ1) is 14.5. The minimum absolute atomic E-state index is 0.285. The van der Waals surface area contributed by atoms with Gasteiger partial charge in [-0.3, -0.25) is 4.90 Å². The van der Waals surface area contributed by atoms with Gasteiger partial charge in [0.25, 0.3) is 0 Å². The first-order valence-corrected chi connectivity index (χ1v) is 12.5. The van der Waals surface area contributed by atoms with Gasteiger partial charge in [-0.15, -0.1) is 0 Å². The average Bonchev–Trinajstić information content (AvgIpc) is 2.72. The summed E-state index contributed by atoms with van der Waals surface area (Å²) < 4.78 is 6.47. The molecule has 166 valence electrons. The van der Waals surface area contributed by atoms with Crippen molar-refractivity contribution in [3.05, 3.63) is 28.8 Å². The molecule has 0 spiro atoms. The minimum atomic E-state index is -0.285. The molecule has 30 heavy (non-hydrogen) atoms. The van der Waals surface area contributed by atoms with E-state index < -0.39 is 0 Å². The Morgan fingerprint density at radius 3 is 2.70 bits per heavy atom. The van der Waals surface area contributed by atoms with Gasteiger partial charge in [0.15, 0.2) is 0 Å². The van der Waals surface area contributed by atoms with E-state index in [1.807, 2.05) is 6.07 Å². The Morgan fingerprint density at radius 2 is 1.93 bits per heavy atom. The zero-order valence-electron chi connectivity index (χ0n) is 19.4. The van der Waals surface area contributed by atoms with E-state index in [0.717, 1.165) is 43.2 Å². The number of aryl methyl sites for hydroxylation is 1. The second kappa shape index (κ2) is 9.34. The van der Waals surface area contributed by atoms with Gasteiger partial charge in [0.05, 0.1) is 5.56 Å². The van der Waals surface area contributed by atoms with Crippen molar-refractivity contribution in [2.24, 2.45) is 5.92 Å². The van der Waals surface area contributed by atoms with Crippen molar-refractivity contribution in [2.75, 3.05) is 19.6 Å². The fraction of sp³-hybridized carbons (Fsp3) is 0.704. The Kier molecular flexibility index (Phi) is 6.77. The van der Waals surface area contributed by atoms with Crippen LogP contribution in [0.25, 0.3) is 5.57 Å². The molecule has 2 heterocycles. The molecule has 3 nitrogen and oxygen atoms in total. The summed E-state index contributed by atoms with van der Waals surface area (Å²) in [6.45, 7) is 9.88. The highest BCUT2D eigenvalue weighted by atomic mass is 16.5. The quantitative estimate of drug-likeness (QED) is 0.505. The highest BCUT2D eigenvalue weighted by Crippen LogP contribution is 2.48. The van der Waals surface area contributed by atoms with E-state index in [2.05, 4.69) is 31.7 Å².